The van der Waals surface area contributed by atoms with E-state index in [1.54, 1.807) is 18.3 Å². The van der Waals surface area contributed by atoms with Crippen LogP contribution in [-0.4, -0.2) is 36.5 Å². The van der Waals surface area contributed by atoms with Crippen molar-refractivity contribution < 1.29 is 13.9 Å². The lowest BCUT2D eigenvalue weighted by Crippen LogP contribution is -2.60. The summed E-state index contributed by atoms with van der Waals surface area (Å²) in [6.45, 7) is 5.22. The van der Waals surface area contributed by atoms with Gasteiger partial charge in [-0.05, 0) is 56.0 Å². The quantitative estimate of drug-likeness (QED) is 0.760. The van der Waals surface area contributed by atoms with Gasteiger partial charge in [0.05, 0.1) is 18.2 Å². The summed E-state index contributed by atoms with van der Waals surface area (Å²) >= 11 is 0. The highest BCUT2D eigenvalue weighted by Crippen LogP contribution is 2.31. The first-order valence-electron chi connectivity index (χ1n) is 9.24. The molecule has 1 fully saturated rings. The number of benzene rings is 1. The molecule has 1 aromatic heterocycles. The summed E-state index contributed by atoms with van der Waals surface area (Å²) in [4.78, 5) is 17.8. The molecule has 3 rings (SSSR count). The number of para-hydroxylation sites is 1. The second kappa shape index (κ2) is 8.05. The molecule has 0 bridgehead atoms. The summed E-state index contributed by atoms with van der Waals surface area (Å²) < 4.78 is 19.3. The minimum absolute atomic E-state index is 0.00393. The SMILES string of the molecule is COc1c(F)cccc1C(=O)[C@@]1(CNc2ccc(C)cn2)CC[C@H](C)CN1. The van der Waals surface area contributed by atoms with Crippen LogP contribution in [0.1, 0.15) is 35.7 Å². The summed E-state index contributed by atoms with van der Waals surface area (Å²) in [6.07, 6.45) is 3.35. The van der Waals surface area contributed by atoms with Gasteiger partial charge in [0.15, 0.2) is 17.3 Å². The highest BCUT2D eigenvalue weighted by Gasteiger charge is 2.42. The molecule has 144 valence electrons. The van der Waals surface area contributed by atoms with E-state index in [0.29, 0.717) is 24.7 Å². The Kier molecular flexibility index (Phi) is 5.75. The first-order chi connectivity index (χ1) is 12.9. The number of aryl methyl sites for hydroxylation is 1. The van der Waals surface area contributed by atoms with E-state index < -0.39 is 11.4 Å². The zero-order valence-corrected chi connectivity index (χ0v) is 16.0. The van der Waals surface area contributed by atoms with Crippen LogP contribution in [0.4, 0.5) is 10.2 Å². The summed E-state index contributed by atoms with van der Waals surface area (Å²) in [6, 6.07) is 8.32. The van der Waals surface area contributed by atoms with Crippen molar-refractivity contribution in [1.82, 2.24) is 10.3 Å². The number of pyridine rings is 1. The maximum Gasteiger partial charge on any atom is 0.188 e. The molecule has 1 aliphatic rings. The molecule has 0 spiro atoms. The van der Waals surface area contributed by atoms with Crippen molar-refractivity contribution in [2.75, 3.05) is 25.5 Å². The summed E-state index contributed by atoms with van der Waals surface area (Å²) in [7, 11) is 1.38. The van der Waals surface area contributed by atoms with E-state index in [9.17, 15) is 9.18 Å². The number of carbonyl (C=O) groups is 1. The third-order valence-corrected chi connectivity index (χ3v) is 5.19. The van der Waals surface area contributed by atoms with E-state index in [2.05, 4.69) is 22.5 Å². The van der Waals surface area contributed by atoms with E-state index in [0.717, 1.165) is 18.5 Å². The van der Waals surface area contributed by atoms with E-state index in [-0.39, 0.29) is 17.1 Å². The Labute approximate surface area is 159 Å². The number of hydrogen-bond acceptors (Lipinski definition) is 5. The molecule has 0 amide bonds. The molecule has 0 radical (unpaired) electrons. The maximum atomic E-state index is 14.1. The van der Waals surface area contributed by atoms with Crippen LogP contribution in [0.15, 0.2) is 36.5 Å². The summed E-state index contributed by atoms with van der Waals surface area (Å²) in [5, 5.41) is 6.69. The Morgan fingerprint density at radius 2 is 2.22 bits per heavy atom. The number of hydrogen-bond donors (Lipinski definition) is 2. The number of rotatable bonds is 6. The lowest BCUT2D eigenvalue weighted by molar-refractivity contribution is 0.0802. The fourth-order valence-electron chi connectivity index (χ4n) is 3.44. The summed E-state index contributed by atoms with van der Waals surface area (Å²) in [5.41, 5.74) is 0.499. The van der Waals surface area contributed by atoms with Crippen LogP contribution in [0.3, 0.4) is 0 Å². The Balaban J connectivity index is 1.89. The van der Waals surface area contributed by atoms with Gasteiger partial charge in [0, 0.05) is 12.7 Å². The number of nitrogens with zero attached hydrogens (tertiary/aromatic N) is 1. The molecule has 1 aliphatic heterocycles. The number of carbonyl (C=O) groups excluding carboxylic acids is 1. The van der Waals surface area contributed by atoms with Crippen LogP contribution < -0.4 is 15.4 Å². The lowest BCUT2D eigenvalue weighted by Gasteiger charge is -2.39. The fraction of sp³-hybridized carbons (Fsp3) is 0.429. The molecule has 0 unspecified atom stereocenters. The third kappa shape index (κ3) is 4.11. The van der Waals surface area contributed by atoms with Gasteiger partial charge >= 0.3 is 0 Å². The number of halogens is 1. The molecule has 0 saturated carbocycles. The zero-order valence-electron chi connectivity index (χ0n) is 16.0. The number of nitrogens with one attached hydrogen (secondary N) is 2. The van der Waals surface area contributed by atoms with Gasteiger partial charge in [0.25, 0.3) is 0 Å². The van der Waals surface area contributed by atoms with Crippen molar-refractivity contribution in [2.45, 2.75) is 32.2 Å². The Bertz CT molecular complexity index is 800. The summed E-state index contributed by atoms with van der Waals surface area (Å²) in [5.74, 6) is 0.495. The molecule has 6 heteroatoms. The van der Waals surface area contributed by atoms with Gasteiger partial charge in [0.1, 0.15) is 5.82 Å². The minimum atomic E-state index is -0.833. The predicted octanol–water partition coefficient (Wildman–Crippen LogP) is 3.59. The number of anilines is 1. The number of ether oxygens (including phenoxy) is 1. The third-order valence-electron chi connectivity index (χ3n) is 5.19. The topological polar surface area (TPSA) is 63.2 Å². The molecule has 1 saturated heterocycles. The van der Waals surface area contributed by atoms with E-state index in [1.807, 2.05) is 19.1 Å². The van der Waals surface area contributed by atoms with Crippen LogP contribution >= 0.6 is 0 Å². The molecule has 2 heterocycles. The normalized spacial score (nSPS) is 22.3. The molecule has 5 nitrogen and oxygen atoms in total. The van der Waals surface area contributed by atoms with Crippen LogP contribution in [0.2, 0.25) is 0 Å². The van der Waals surface area contributed by atoms with Crippen molar-refractivity contribution in [3.63, 3.8) is 0 Å². The number of Topliss-reactive ketones (excluding diaryl/α,β-unsaturated/α-hetero) is 1. The Morgan fingerprint density at radius 3 is 2.85 bits per heavy atom. The number of methoxy groups -OCH3 is 1. The molecule has 2 atom stereocenters. The van der Waals surface area contributed by atoms with Gasteiger partial charge in [-0.3, -0.25) is 4.79 Å². The van der Waals surface area contributed by atoms with Crippen molar-refractivity contribution in [3.8, 4) is 5.75 Å². The number of piperidine rings is 1. The highest BCUT2D eigenvalue weighted by molar-refractivity contribution is 6.06. The zero-order chi connectivity index (χ0) is 19.4. The van der Waals surface area contributed by atoms with Crippen LogP contribution in [0.5, 0.6) is 5.75 Å². The van der Waals surface area contributed by atoms with Crippen molar-refractivity contribution in [3.05, 3.63) is 53.5 Å². The predicted molar refractivity (Wildman–Crippen MR) is 104 cm³/mol. The van der Waals surface area contributed by atoms with Gasteiger partial charge in [-0.2, -0.15) is 0 Å². The number of ketones is 1. The molecular weight excluding hydrogens is 345 g/mol. The van der Waals surface area contributed by atoms with Crippen LogP contribution in [-0.2, 0) is 0 Å². The molecule has 1 aromatic carbocycles. The van der Waals surface area contributed by atoms with E-state index in [4.69, 9.17) is 4.74 Å². The van der Waals surface area contributed by atoms with Crippen molar-refractivity contribution in [2.24, 2.45) is 5.92 Å². The second-order valence-corrected chi connectivity index (χ2v) is 7.33. The average molecular weight is 371 g/mol. The van der Waals surface area contributed by atoms with Gasteiger partial charge in [-0.25, -0.2) is 9.37 Å². The standard InChI is InChI=1S/C21H26FN3O2/c1-14-7-8-18(23-11-14)24-13-21(10-9-15(2)12-25-21)20(26)16-5-4-6-17(22)19(16)27-3/h4-8,11,15,25H,9-10,12-13H2,1-3H3,(H,23,24)/t15-,21-/m0/s1. The molecule has 2 aromatic rings. The largest absolute Gasteiger partial charge is 0.493 e. The van der Waals surface area contributed by atoms with E-state index >= 15 is 0 Å². The molecule has 2 N–H and O–H groups in total. The molecule has 27 heavy (non-hydrogen) atoms. The number of aromatic nitrogens is 1. The van der Waals surface area contributed by atoms with Crippen molar-refractivity contribution in [1.29, 1.82) is 0 Å². The minimum Gasteiger partial charge on any atom is -0.493 e. The van der Waals surface area contributed by atoms with E-state index in [1.165, 1.54) is 13.2 Å². The fourth-order valence-corrected chi connectivity index (χ4v) is 3.44. The highest BCUT2D eigenvalue weighted by atomic mass is 19.1. The van der Waals surface area contributed by atoms with Gasteiger partial charge in [-0.15, -0.1) is 0 Å². The second-order valence-electron chi connectivity index (χ2n) is 7.33. The van der Waals surface area contributed by atoms with Gasteiger partial charge in [0.2, 0.25) is 0 Å². The Morgan fingerprint density at radius 1 is 1.41 bits per heavy atom. The molecule has 0 aliphatic carbocycles. The van der Waals surface area contributed by atoms with Gasteiger partial charge in [-0.1, -0.05) is 19.1 Å². The van der Waals surface area contributed by atoms with Crippen molar-refractivity contribution >= 4 is 11.6 Å². The molecular formula is C21H26FN3O2. The average Bonchev–Trinajstić information content (AvgIpc) is 2.68. The first kappa shape index (κ1) is 19.3. The first-order valence-corrected chi connectivity index (χ1v) is 9.24. The smallest absolute Gasteiger partial charge is 0.188 e. The van der Waals surface area contributed by atoms with Gasteiger partial charge < -0.3 is 15.4 Å². The lowest BCUT2D eigenvalue weighted by atomic mass is 9.79. The monoisotopic (exact) mass is 371 g/mol. The maximum absolute atomic E-state index is 14.1. The van der Waals surface area contributed by atoms with Crippen LogP contribution in [0, 0.1) is 18.7 Å². The van der Waals surface area contributed by atoms with Crippen LogP contribution in [0.25, 0.3) is 0 Å². The Hall–Kier alpha value is -2.47.